The van der Waals surface area contributed by atoms with E-state index in [1.165, 1.54) is 13.2 Å². The molecular formula is C31H39N5O5. The van der Waals surface area contributed by atoms with Crippen molar-refractivity contribution in [3.8, 4) is 0 Å². The van der Waals surface area contributed by atoms with Crippen LogP contribution in [0.2, 0.25) is 0 Å². The number of nitrogens with zero attached hydrogens (tertiary/aromatic N) is 3. The molecule has 3 aliphatic rings. The summed E-state index contributed by atoms with van der Waals surface area (Å²) in [7, 11) is 1.52. The molecular weight excluding hydrogens is 522 g/mol. The highest BCUT2D eigenvalue weighted by atomic mass is 16.5. The summed E-state index contributed by atoms with van der Waals surface area (Å²) < 4.78 is 5.99. The second kappa shape index (κ2) is 11.2. The zero-order chi connectivity index (χ0) is 29.4. The first-order chi connectivity index (χ1) is 19.5. The van der Waals surface area contributed by atoms with E-state index in [-0.39, 0.29) is 41.5 Å². The van der Waals surface area contributed by atoms with Gasteiger partial charge >= 0.3 is 0 Å². The van der Waals surface area contributed by atoms with E-state index in [0.29, 0.717) is 31.8 Å². The van der Waals surface area contributed by atoms with Crippen LogP contribution in [0.3, 0.4) is 0 Å². The van der Waals surface area contributed by atoms with Crippen LogP contribution in [-0.4, -0.2) is 83.8 Å². The van der Waals surface area contributed by atoms with Crippen molar-refractivity contribution in [3.63, 3.8) is 0 Å². The van der Waals surface area contributed by atoms with Crippen molar-refractivity contribution in [2.75, 3.05) is 33.2 Å². The lowest BCUT2D eigenvalue weighted by Crippen LogP contribution is -2.65. The zero-order valence-corrected chi connectivity index (χ0v) is 24.1. The maximum atomic E-state index is 13.9. The van der Waals surface area contributed by atoms with Gasteiger partial charge in [-0.1, -0.05) is 44.2 Å². The number of benzene rings is 1. The second-order valence-corrected chi connectivity index (χ2v) is 12.4. The van der Waals surface area contributed by atoms with Gasteiger partial charge in [0.05, 0.1) is 24.2 Å². The minimum Gasteiger partial charge on any atom is -0.371 e. The van der Waals surface area contributed by atoms with Crippen molar-refractivity contribution >= 4 is 23.6 Å². The SMILES string of the molecule is CNC(=O)[C@@H](NC(=O)[C@@H]1CN(C(=O)c2cccnc2)CC12CN(C(=O)[C@H]1CC1(C)C)C2)[C@@H](C)OCc1ccccc1. The third kappa shape index (κ3) is 5.84. The standard InChI is InChI=1S/C31H39N5O5/c1-20(41-16-21-9-6-5-7-10-21)25(27(38)32-4)34-26(37)24-15-35(28(39)22-11-8-12-33-14-22)17-31(24)18-36(19-31)29(40)23-13-30(23,2)3/h5-12,14,20,23-25H,13,15-19H2,1-4H3,(H,32,38)(H,34,37)/t20-,23-,24+,25+/m1/s1. The molecule has 10 nitrogen and oxygen atoms in total. The summed E-state index contributed by atoms with van der Waals surface area (Å²) in [6.45, 7) is 7.57. The normalized spacial score (nSPS) is 23.3. The molecule has 4 amide bonds. The molecule has 0 unspecified atom stereocenters. The summed E-state index contributed by atoms with van der Waals surface area (Å²) in [6, 6.07) is 12.1. The lowest BCUT2D eigenvalue weighted by atomic mass is 9.70. The third-order valence-electron chi connectivity index (χ3n) is 8.95. The maximum absolute atomic E-state index is 13.9. The Bertz CT molecular complexity index is 1290. The molecule has 1 saturated carbocycles. The number of hydrogen-bond acceptors (Lipinski definition) is 6. The van der Waals surface area contributed by atoms with Crippen LogP contribution < -0.4 is 10.6 Å². The van der Waals surface area contributed by atoms with Gasteiger partial charge in [0.15, 0.2) is 0 Å². The predicted octanol–water partition coefficient (Wildman–Crippen LogP) is 1.86. The van der Waals surface area contributed by atoms with Crippen molar-refractivity contribution < 1.29 is 23.9 Å². The Balaban J connectivity index is 1.32. The Morgan fingerprint density at radius 3 is 2.32 bits per heavy atom. The highest BCUT2D eigenvalue weighted by molar-refractivity contribution is 5.96. The minimum atomic E-state index is -0.929. The summed E-state index contributed by atoms with van der Waals surface area (Å²) in [5, 5.41) is 5.56. The molecule has 10 heteroatoms. The summed E-state index contributed by atoms with van der Waals surface area (Å²) in [4.78, 5) is 60.8. The summed E-state index contributed by atoms with van der Waals surface area (Å²) in [5.74, 6) is -1.37. The monoisotopic (exact) mass is 561 g/mol. The predicted molar refractivity (Wildman–Crippen MR) is 151 cm³/mol. The molecule has 0 radical (unpaired) electrons. The Hall–Kier alpha value is -3.79. The highest BCUT2D eigenvalue weighted by Gasteiger charge is 2.62. The van der Waals surface area contributed by atoms with Gasteiger partial charge in [0.2, 0.25) is 17.7 Å². The van der Waals surface area contributed by atoms with E-state index in [0.717, 1.165) is 12.0 Å². The third-order valence-corrected chi connectivity index (χ3v) is 8.95. The van der Waals surface area contributed by atoms with Gasteiger partial charge in [-0.2, -0.15) is 0 Å². The van der Waals surface area contributed by atoms with Crippen molar-refractivity contribution in [3.05, 3.63) is 66.0 Å². The number of aromatic nitrogens is 1. The first kappa shape index (κ1) is 28.7. The Kier molecular flexibility index (Phi) is 7.87. The second-order valence-electron chi connectivity index (χ2n) is 12.4. The van der Waals surface area contributed by atoms with Crippen LogP contribution in [0.25, 0.3) is 0 Å². The number of nitrogens with one attached hydrogen (secondary N) is 2. The molecule has 2 saturated heterocycles. The van der Waals surface area contributed by atoms with Crippen LogP contribution in [0, 0.1) is 22.7 Å². The minimum absolute atomic E-state index is 0.00176. The molecule has 0 bridgehead atoms. The largest absolute Gasteiger partial charge is 0.371 e. The van der Waals surface area contributed by atoms with E-state index >= 15 is 0 Å². The molecule has 3 heterocycles. The average Bonchev–Trinajstić information content (AvgIpc) is 3.42. The highest BCUT2D eigenvalue weighted by Crippen LogP contribution is 2.54. The molecule has 1 spiro atoms. The lowest BCUT2D eigenvalue weighted by Gasteiger charge is -2.50. The van der Waals surface area contributed by atoms with Crippen LogP contribution in [0.15, 0.2) is 54.9 Å². The van der Waals surface area contributed by atoms with Gasteiger partial charge in [-0.25, -0.2) is 0 Å². The van der Waals surface area contributed by atoms with E-state index in [2.05, 4.69) is 29.5 Å². The molecule has 1 aromatic carbocycles. The van der Waals surface area contributed by atoms with E-state index < -0.39 is 23.5 Å². The molecule has 2 aliphatic heterocycles. The van der Waals surface area contributed by atoms with Crippen LogP contribution in [0.4, 0.5) is 0 Å². The van der Waals surface area contributed by atoms with Crippen LogP contribution in [0.5, 0.6) is 0 Å². The zero-order valence-electron chi connectivity index (χ0n) is 24.1. The molecule has 218 valence electrons. The van der Waals surface area contributed by atoms with E-state index in [9.17, 15) is 19.2 Å². The summed E-state index contributed by atoms with van der Waals surface area (Å²) in [5.41, 5.74) is 0.823. The number of ether oxygens (including phenoxy) is 1. The molecule has 2 aromatic rings. The molecule has 1 aromatic heterocycles. The Labute approximate surface area is 240 Å². The van der Waals surface area contributed by atoms with Gasteiger partial charge in [0.1, 0.15) is 6.04 Å². The summed E-state index contributed by atoms with van der Waals surface area (Å²) in [6.07, 6.45) is 3.37. The van der Waals surface area contributed by atoms with Crippen molar-refractivity contribution in [1.82, 2.24) is 25.4 Å². The maximum Gasteiger partial charge on any atom is 0.255 e. The Morgan fingerprint density at radius 2 is 1.71 bits per heavy atom. The smallest absolute Gasteiger partial charge is 0.255 e. The lowest BCUT2D eigenvalue weighted by molar-refractivity contribution is -0.152. The molecule has 1 aliphatic carbocycles. The topological polar surface area (TPSA) is 121 Å². The fraction of sp³-hybridized carbons (Fsp3) is 0.516. The van der Waals surface area contributed by atoms with Crippen LogP contribution >= 0.6 is 0 Å². The first-order valence-electron chi connectivity index (χ1n) is 14.2. The number of likely N-dealkylation sites (tertiary alicyclic amines) is 2. The van der Waals surface area contributed by atoms with Crippen molar-refractivity contribution in [1.29, 1.82) is 0 Å². The van der Waals surface area contributed by atoms with Gasteiger partial charge in [0, 0.05) is 57.0 Å². The van der Waals surface area contributed by atoms with Gasteiger partial charge in [0.25, 0.3) is 5.91 Å². The first-order valence-corrected chi connectivity index (χ1v) is 14.2. The molecule has 41 heavy (non-hydrogen) atoms. The molecule has 2 N–H and O–H groups in total. The van der Waals surface area contributed by atoms with Gasteiger partial charge in [-0.15, -0.1) is 0 Å². The van der Waals surface area contributed by atoms with E-state index in [1.54, 1.807) is 30.2 Å². The van der Waals surface area contributed by atoms with Crippen molar-refractivity contribution in [2.45, 2.75) is 45.9 Å². The number of carbonyl (C=O) groups excluding carboxylic acids is 4. The fourth-order valence-corrected chi connectivity index (χ4v) is 6.16. The summed E-state index contributed by atoms with van der Waals surface area (Å²) >= 11 is 0. The fourth-order valence-electron chi connectivity index (χ4n) is 6.16. The Morgan fingerprint density at radius 1 is 1.02 bits per heavy atom. The number of amides is 4. The quantitative estimate of drug-likeness (QED) is 0.482. The van der Waals surface area contributed by atoms with Gasteiger partial charge in [-0.3, -0.25) is 24.2 Å². The van der Waals surface area contributed by atoms with Gasteiger partial charge in [-0.05, 0) is 36.5 Å². The van der Waals surface area contributed by atoms with Crippen LogP contribution in [0.1, 0.15) is 43.1 Å². The number of likely N-dealkylation sites (N-methyl/N-ethyl adjacent to an activating group) is 1. The van der Waals surface area contributed by atoms with Crippen molar-refractivity contribution in [2.24, 2.45) is 22.7 Å². The number of rotatable bonds is 9. The van der Waals surface area contributed by atoms with E-state index in [4.69, 9.17) is 4.74 Å². The van der Waals surface area contributed by atoms with Crippen LogP contribution in [-0.2, 0) is 25.7 Å². The number of pyridine rings is 1. The molecule has 4 atom stereocenters. The average molecular weight is 562 g/mol. The molecule has 3 fully saturated rings. The van der Waals surface area contributed by atoms with E-state index in [1.807, 2.05) is 35.2 Å². The number of hydrogen-bond donors (Lipinski definition) is 2. The van der Waals surface area contributed by atoms with Gasteiger partial charge < -0.3 is 25.2 Å². The number of carbonyl (C=O) groups is 4. The molecule has 5 rings (SSSR count).